The van der Waals surface area contributed by atoms with E-state index in [1.165, 1.54) is 14.0 Å². The number of methoxy groups -OCH3 is 1. The lowest BCUT2D eigenvalue weighted by Crippen LogP contribution is -2.19. The van der Waals surface area contributed by atoms with Gasteiger partial charge in [-0.2, -0.15) is 0 Å². The Hall–Kier alpha value is -0.930. The predicted octanol–water partition coefficient (Wildman–Crippen LogP) is 2.64. The summed E-state index contributed by atoms with van der Waals surface area (Å²) in [6.45, 7) is 1.79. The van der Waals surface area contributed by atoms with Crippen LogP contribution in [0, 0.1) is 0 Å². The zero-order valence-electron chi connectivity index (χ0n) is 8.43. The summed E-state index contributed by atoms with van der Waals surface area (Å²) < 4.78 is 5.12. The van der Waals surface area contributed by atoms with Crippen molar-refractivity contribution < 1.29 is 9.53 Å². The fourth-order valence-electron chi connectivity index (χ4n) is 1.19. The maximum Gasteiger partial charge on any atom is 0.217 e. The summed E-state index contributed by atoms with van der Waals surface area (Å²) in [5, 5.41) is 3.61. The van der Waals surface area contributed by atoms with Gasteiger partial charge in [-0.15, -0.1) is 0 Å². The first-order valence-corrected chi connectivity index (χ1v) is 5.06. The predicted molar refractivity (Wildman–Crippen MR) is 60.5 cm³/mol. The van der Waals surface area contributed by atoms with Crippen molar-refractivity contribution in [1.29, 1.82) is 0 Å². The highest BCUT2D eigenvalue weighted by Gasteiger charge is 2.09. The van der Waals surface area contributed by atoms with Crippen molar-refractivity contribution in [2.45, 2.75) is 13.5 Å². The third-order valence-electron chi connectivity index (χ3n) is 1.82. The molecule has 0 aliphatic heterocycles. The molecule has 1 aromatic carbocycles. The van der Waals surface area contributed by atoms with Crippen LogP contribution in [-0.2, 0) is 11.3 Å². The van der Waals surface area contributed by atoms with Gasteiger partial charge in [0, 0.05) is 24.1 Å². The van der Waals surface area contributed by atoms with E-state index in [9.17, 15) is 4.79 Å². The number of carbonyl (C=O) groups excluding carboxylic acids is 1. The summed E-state index contributed by atoms with van der Waals surface area (Å²) >= 11 is 11.8. The molecule has 0 spiro atoms. The molecule has 0 aliphatic rings. The van der Waals surface area contributed by atoms with E-state index < -0.39 is 0 Å². The number of halogens is 2. The number of ether oxygens (including phenoxy) is 1. The van der Waals surface area contributed by atoms with Crippen molar-refractivity contribution in [2.24, 2.45) is 0 Å². The van der Waals surface area contributed by atoms with Crippen LogP contribution in [0.3, 0.4) is 0 Å². The Balaban J connectivity index is 2.98. The lowest BCUT2D eigenvalue weighted by molar-refractivity contribution is -0.119. The molecular formula is C10H11Cl2NO2. The molecule has 0 saturated heterocycles. The first-order valence-electron chi connectivity index (χ1n) is 4.31. The van der Waals surface area contributed by atoms with Crippen molar-refractivity contribution >= 4 is 29.1 Å². The van der Waals surface area contributed by atoms with E-state index in [1.807, 2.05) is 0 Å². The third kappa shape index (κ3) is 3.29. The minimum atomic E-state index is -0.117. The van der Waals surface area contributed by atoms with Crippen LogP contribution in [0.15, 0.2) is 12.1 Å². The monoisotopic (exact) mass is 247 g/mol. The second kappa shape index (κ2) is 5.24. The number of nitrogens with one attached hydrogen (secondary N) is 1. The Morgan fingerprint density at radius 3 is 2.67 bits per heavy atom. The van der Waals surface area contributed by atoms with Crippen LogP contribution in [0.1, 0.15) is 12.5 Å². The van der Waals surface area contributed by atoms with Crippen molar-refractivity contribution in [2.75, 3.05) is 7.11 Å². The average molecular weight is 248 g/mol. The van der Waals surface area contributed by atoms with Gasteiger partial charge < -0.3 is 10.1 Å². The van der Waals surface area contributed by atoms with Crippen LogP contribution in [0.25, 0.3) is 0 Å². The van der Waals surface area contributed by atoms with Gasteiger partial charge in [0.15, 0.2) is 0 Å². The van der Waals surface area contributed by atoms with Gasteiger partial charge in [0.2, 0.25) is 5.91 Å². The zero-order valence-corrected chi connectivity index (χ0v) is 9.95. The molecule has 1 N–H and O–H groups in total. The minimum absolute atomic E-state index is 0.117. The highest BCUT2D eigenvalue weighted by Crippen LogP contribution is 2.31. The molecule has 5 heteroatoms. The van der Waals surface area contributed by atoms with E-state index in [0.717, 1.165) is 5.56 Å². The molecule has 0 radical (unpaired) electrons. The highest BCUT2D eigenvalue weighted by molar-refractivity contribution is 6.35. The van der Waals surface area contributed by atoms with Gasteiger partial charge in [0.25, 0.3) is 0 Å². The summed E-state index contributed by atoms with van der Waals surface area (Å²) in [5.41, 5.74) is 0.755. The molecule has 0 aliphatic carbocycles. The van der Waals surface area contributed by atoms with Crippen LogP contribution in [0.2, 0.25) is 10.0 Å². The smallest absolute Gasteiger partial charge is 0.217 e. The van der Waals surface area contributed by atoms with E-state index >= 15 is 0 Å². The number of amides is 1. The molecule has 3 nitrogen and oxygen atoms in total. The molecule has 1 rings (SSSR count). The molecule has 1 aromatic rings. The van der Waals surface area contributed by atoms with E-state index in [1.54, 1.807) is 12.1 Å². The van der Waals surface area contributed by atoms with Crippen LogP contribution in [0.4, 0.5) is 0 Å². The van der Waals surface area contributed by atoms with Crippen molar-refractivity contribution in [3.05, 3.63) is 27.7 Å². The molecule has 82 valence electrons. The third-order valence-corrected chi connectivity index (χ3v) is 2.32. The van der Waals surface area contributed by atoms with Crippen LogP contribution < -0.4 is 10.1 Å². The summed E-state index contributed by atoms with van der Waals surface area (Å²) in [7, 11) is 1.52. The average Bonchev–Trinajstić information content (AvgIpc) is 2.13. The van der Waals surface area contributed by atoms with Gasteiger partial charge in [-0.3, -0.25) is 4.79 Å². The SMILES string of the molecule is COc1c(Cl)cc(Cl)cc1CNC(C)=O. The summed E-state index contributed by atoms with van der Waals surface area (Å²) in [4.78, 5) is 10.8. The Labute approximate surface area is 98.3 Å². The number of rotatable bonds is 3. The van der Waals surface area contributed by atoms with E-state index in [2.05, 4.69) is 5.32 Å². The molecule has 0 heterocycles. The molecule has 0 fully saturated rings. The van der Waals surface area contributed by atoms with E-state index in [4.69, 9.17) is 27.9 Å². The van der Waals surface area contributed by atoms with Crippen molar-refractivity contribution in [3.8, 4) is 5.75 Å². The highest BCUT2D eigenvalue weighted by atomic mass is 35.5. The van der Waals surface area contributed by atoms with E-state index in [0.29, 0.717) is 22.3 Å². The standard InChI is InChI=1S/C10H11Cl2NO2/c1-6(14)13-5-7-3-8(11)4-9(12)10(7)15-2/h3-4H,5H2,1-2H3,(H,13,14). The first-order chi connectivity index (χ1) is 7.04. The maximum absolute atomic E-state index is 10.8. The van der Waals surface area contributed by atoms with Gasteiger partial charge in [-0.05, 0) is 12.1 Å². The number of benzene rings is 1. The van der Waals surface area contributed by atoms with Crippen molar-refractivity contribution in [3.63, 3.8) is 0 Å². The summed E-state index contributed by atoms with van der Waals surface area (Å²) in [6.07, 6.45) is 0. The minimum Gasteiger partial charge on any atom is -0.495 e. The molecule has 0 saturated carbocycles. The Kier molecular flexibility index (Phi) is 4.24. The maximum atomic E-state index is 10.8. The zero-order chi connectivity index (χ0) is 11.4. The quantitative estimate of drug-likeness (QED) is 0.892. The topological polar surface area (TPSA) is 38.3 Å². The number of carbonyl (C=O) groups is 1. The van der Waals surface area contributed by atoms with Gasteiger partial charge in [-0.1, -0.05) is 23.2 Å². The molecule has 0 aromatic heterocycles. The second-order valence-electron chi connectivity index (χ2n) is 2.99. The second-order valence-corrected chi connectivity index (χ2v) is 3.83. The molecule has 15 heavy (non-hydrogen) atoms. The van der Waals surface area contributed by atoms with Gasteiger partial charge in [-0.25, -0.2) is 0 Å². The number of hydrogen-bond acceptors (Lipinski definition) is 2. The lowest BCUT2D eigenvalue weighted by atomic mass is 10.2. The lowest BCUT2D eigenvalue weighted by Gasteiger charge is -2.11. The van der Waals surface area contributed by atoms with Gasteiger partial charge in [0.1, 0.15) is 5.75 Å². The van der Waals surface area contributed by atoms with Gasteiger partial charge in [0.05, 0.1) is 12.1 Å². The molecular weight excluding hydrogens is 237 g/mol. The van der Waals surface area contributed by atoms with Crippen LogP contribution >= 0.6 is 23.2 Å². The fourth-order valence-corrected chi connectivity index (χ4v) is 1.81. The summed E-state index contributed by atoms with van der Waals surface area (Å²) in [6, 6.07) is 3.31. The Morgan fingerprint density at radius 2 is 2.13 bits per heavy atom. The van der Waals surface area contributed by atoms with Crippen LogP contribution in [-0.4, -0.2) is 13.0 Å². The Bertz CT molecular complexity index is 380. The molecule has 1 amide bonds. The summed E-state index contributed by atoms with van der Waals surface area (Å²) in [5.74, 6) is 0.419. The fraction of sp³-hybridized carbons (Fsp3) is 0.300. The Morgan fingerprint density at radius 1 is 1.47 bits per heavy atom. The molecule has 0 bridgehead atoms. The van der Waals surface area contributed by atoms with Gasteiger partial charge >= 0.3 is 0 Å². The molecule has 0 unspecified atom stereocenters. The number of hydrogen-bond donors (Lipinski definition) is 1. The first kappa shape index (κ1) is 12.1. The largest absolute Gasteiger partial charge is 0.495 e. The van der Waals surface area contributed by atoms with E-state index in [-0.39, 0.29) is 5.91 Å². The normalized spacial score (nSPS) is 9.87. The van der Waals surface area contributed by atoms with Crippen LogP contribution in [0.5, 0.6) is 5.75 Å². The van der Waals surface area contributed by atoms with Crippen molar-refractivity contribution in [1.82, 2.24) is 5.32 Å². The molecule has 0 atom stereocenters.